The van der Waals surface area contributed by atoms with E-state index in [1.807, 2.05) is 0 Å². The summed E-state index contributed by atoms with van der Waals surface area (Å²) in [6, 6.07) is 11.1. The summed E-state index contributed by atoms with van der Waals surface area (Å²) >= 11 is 11.8. The molecule has 0 unspecified atom stereocenters. The van der Waals surface area contributed by atoms with E-state index >= 15 is 0 Å². The number of amides is 1. The Labute approximate surface area is 169 Å². The van der Waals surface area contributed by atoms with Gasteiger partial charge >= 0.3 is 0 Å². The Kier molecular flexibility index (Phi) is 7.44. The first-order valence-electron chi connectivity index (χ1n) is 8.32. The number of hydrogen-bond donors (Lipinski definition) is 1. The Morgan fingerprint density at radius 3 is 2.26 bits per heavy atom. The molecule has 0 bridgehead atoms. The van der Waals surface area contributed by atoms with Crippen LogP contribution in [-0.4, -0.2) is 31.7 Å². The highest BCUT2D eigenvalue weighted by Crippen LogP contribution is 2.25. The van der Waals surface area contributed by atoms with Gasteiger partial charge in [0.1, 0.15) is 0 Å². The fourth-order valence-electron chi connectivity index (χ4n) is 2.40. The summed E-state index contributed by atoms with van der Waals surface area (Å²) in [5.41, 5.74) is 1.15. The predicted molar refractivity (Wildman–Crippen MR) is 111 cm³/mol. The van der Waals surface area contributed by atoms with E-state index in [1.54, 1.807) is 44.2 Å². The fourth-order valence-corrected chi connectivity index (χ4v) is 4.31. The number of nitrogens with zero attached hydrogens (tertiary/aromatic N) is 1. The maximum absolute atomic E-state index is 12.5. The molecule has 0 aliphatic rings. The van der Waals surface area contributed by atoms with Crippen LogP contribution in [0.4, 0.5) is 5.69 Å². The summed E-state index contributed by atoms with van der Waals surface area (Å²) in [4.78, 5) is 12.2. The third kappa shape index (κ3) is 5.56. The number of rotatable bonds is 7. The Bertz CT molecular complexity index is 938. The molecule has 0 aliphatic carbocycles. The van der Waals surface area contributed by atoms with Gasteiger partial charge in [0.15, 0.2) is 0 Å². The van der Waals surface area contributed by atoms with E-state index in [0.29, 0.717) is 34.4 Å². The number of halogens is 2. The minimum atomic E-state index is -3.49. The molecule has 0 saturated carbocycles. The number of nitrogens with one attached hydrogen (secondary N) is 1. The monoisotopic (exact) mass is 426 g/mol. The van der Waals surface area contributed by atoms with Crippen LogP contribution < -0.4 is 5.32 Å². The highest BCUT2D eigenvalue weighted by atomic mass is 35.5. The molecular weight excluding hydrogens is 407 g/mol. The van der Waals surface area contributed by atoms with Crippen LogP contribution in [0, 0.1) is 0 Å². The first-order chi connectivity index (χ1) is 12.8. The van der Waals surface area contributed by atoms with E-state index < -0.39 is 10.0 Å². The zero-order valence-corrected chi connectivity index (χ0v) is 17.3. The average molecular weight is 427 g/mol. The number of hydrogen-bond acceptors (Lipinski definition) is 3. The lowest BCUT2D eigenvalue weighted by Crippen LogP contribution is -2.30. The van der Waals surface area contributed by atoms with E-state index in [-0.39, 0.29) is 10.8 Å². The summed E-state index contributed by atoms with van der Waals surface area (Å²) < 4.78 is 26.3. The van der Waals surface area contributed by atoms with Gasteiger partial charge in [-0.15, -0.1) is 0 Å². The van der Waals surface area contributed by atoms with Gasteiger partial charge in [-0.1, -0.05) is 49.2 Å². The maximum Gasteiger partial charge on any atom is 0.248 e. The fraction of sp³-hybridized carbons (Fsp3) is 0.211. The van der Waals surface area contributed by atoms with Crippen LogP contribution in [0.1, 0.15) is 19.4 Å². The van der Waals surface area contributed by atoms with Gasteiger partial charge in [-0.05, 0) is 42.0 Å². The number of carbonyl (C=O) groups is 1. The van der Waals surface area contributed by atoms with Crippen molar-refractivity contribution in [1.29, 1.82) is 0 Å². The van der Waals surface area contributed by atoms with Crippen molar-refractivity contribution in [2.24, 2.45) is 0 Å². The van der Waals surface area contributed by atoms with Crippen molar-refractivity contribution in [2.75, 3.05) is 18.4 Å². The quantitative estimate of drug-likeness (QED) is 0.653. The van der Waals surface area contributed by atoms with Gasteiger partial charge in [0.25, 0.3) is 0 Å². The maximum atomic E-state index is 12.5. The van der Waals surface area contributed by atoms with E-state index in [2.05, 4.69) is 5.32 Å². The molecule has 144 valence electrons. The second-order valence-electron chi connectivity index (χ2n) is 5.61. The molecule has 0 heterocycles. The van der Waals surface area contributed by atoms with Gasteiger partial charge in [0.05, 0.1) is 15.6 Å². The van der Waals surface area contributed by atoms with Crippen LogP contribution in [0.2, 0.25) is 10.0 Å². The lowest BCUT2D eigenvalue weighted by atomic mass is 10.2. The molecule has 1 N–H and O–H groups in total. The molecule has 0 saturated heterocycles. The summed E-state index contributed by atoms with van der Waals surface area (Å²) in [5.74, 6) is -0.362. The molecular formula is C19H20Cl2N2O3S. The van der Waals surface area contributed by atoms with E-state index in [9.17, 15) is 13.2 Å². The minimum Gasteiger partial charge on any atom is -0.321 e. The molecule has 0 aromatic heterocycles. The number of anilines is 1. The normalized spacial score (nSPS) is 11.9. The molecule has 27 heavy (non-hydrogen) atoms. The highest BCUT2D eigenvalue weighted by Gasteiger charge is 2.20. The van der Waals surface area contributed by atoms with E-state index in [4.69, 9.17) is 23.2 Å². The summed E-state index contributed by atoms with van der Waals surface area (Å²) in [7, 11) is -3.49. The van der Waals surface area contributed by atoms with Gasteiger partial charge in [-0.2, -0.15) is 4.31 Å². The van der Waals surface area contributed by atoms with Gasteiger partial charge in [-0.3, -0.25) is 4.79 Å². The molecule has 0 fully saturated rings. The SMILES string of the molecule is CCN(CC)S(=O)(=O)c1ccc(/C=C/C(=O)Nc2ccc(Cl)cc2Cl)cc1. The van der Waals surface area contributed by atoms with Crippen molar-refractivity contribution in [2.45, 2.75) is 18.7 Å². The van der Waals surface area contributed by atoms with E-state index in [0.717, 1.165) is 0 Å². The number of benzene rings is 2. The Hall–Kier alpha value is -1.86. The van der Waals surface area contributed by atoms with Crippen molar-refractivity contribution in [3.05, 3.63) is 64.1 Å². The largest absolute Gasteiger partial charge is 0.321 e. The van der Waals surface area contributed by atoms with Gasteiger partial charge in [0.2, 0.25) is 15.9 Å². The summed E-state index contributed by atoms with van der Waals surface area (Å²) in [6.07, 6.45) is 2.94. The molecule has 0 atom stereocenters. The van der Waals surface area contributed by atoms with Crippen LogP contribution >= 0.6 is 23.2 Å². The van der Waals surface area contributed by atoms with Crippen molar-refractivity contribution in [3.63, 3.8) is 0 Å². The van der Waals surface area contributed by atoms with Crippen LogP contribution in [0.25, 0.3) is 6.08 Å². The first kappa shape index (κ1) is 21.4. The molecule has 2 aromatic rings. The molecule has 0 aliphatic heterocycles. The number of sulfonamides is 1. The highest BCUT2D eigenvalue weighted by molar-refractivity contribution is 7.89. The van der Waals surface area contributed by atoms with Gasteiger partial charge < -0.3 is 5.32 Å². The summed E-state index contributed by atoms with van der Waals surface area (Å²) in [6.45, 7) is 4.41. The van der Waals surface area contributed by atoms with Gasteiger partial charge in [-0.25, -0.2) is 8.42 Å². The van der Waals surface area contributed by atoms with Gasteiger partial charge in [0, 0.05) is 24.2 Å². The predicted octanol–water partition coefficient (Wildman–Crippen LogP) is 4.68. The third-order valence-corrected chi connectivity index (χ3v) is 6.45. The second kappa shape index (κ2) is 9.37. The first-order valence-corrected chi connectivity index (χ1v) is 10.5. The Morgan fingerprint density at radius 2 is 1.70 bits per heavy atom. The molecule has 2 aromatic carbocycles. The molecule has 8 heteroatoms. The number of carbonyl (C=O) groups excluding carboxylic acids is 1. The molecule has 0 spiro atoms. The Balaban J connectivity index is 2.08. The molecule has 1 amide bonds. The molecule has 5 nitrogen and oxygen atoms in total. The Morgan fingerprint density at radius 1 is 1.07 bits per heavy atom. The summed E-state index contributed by atoms with van der Waals surface area (Å²) in [5, 5.41) is 3.48. The standard InChI is InChI=1S/C19H20Cl2N2O3S/c1-3-23(4-2)27(25,26)16-9-5-14(6-10-16)7-12-19(24)22-18-11-8-15(20)13-17(18)21/h5-13H,3-4H2,1-2H3,(H,22,24)/b12-7+. The zero-order valence-electron chi connectivity index (χ0n) is 14.9. The topological polar surface area (TPSA) is 66.5 Å². The average Bonchev–Trinajstić information content (AvgIpc) is 2.63. The van der Waals surface area contributed by atoms with Crippen molar-refractivity contribution in [3.8, 4) is 0 Å². The van der Waals surface area contributed by atoms with Crippen LogP contribution in [0.3, 0.4) is 0 Å². The van der Waals surface area contributed by atoms with Crippen LogP contribution in [0.5, 0.6) is 0 Å². The lowest BCUT2D eigenvalue weighted by Gasteiger charge is -2.18. The van der Waals surface area contributed by atoms with Crippen molar-refractivity contribution in [1.82, 2.24) is 4.31 Å². The minimum absolute atomic E-state index is 0.223. The zero-order chi connectivity index (χ0) is 20.0. The smallest absolute Gasteiger partial charge is 0.248 e. The van der Waals surface area contributed by atoms with Crippen LogP contribution in [-0.2, 0) is 14.8 Å². The molecule has 2 rings (SSSR count). The van der Waals surface area contributed by atoms with E-state index in [1.165, 1.54) is 28.6 Å². The van der Waals surface area contributed by atoms with Crippen molar-refractivity contribution < 1.29 is 13.2 Å². The van der Waals surface area contributed by atoms with Crippen molar-refractivity contribution >= 4 is 50.9 Å². The second-order valence-corrected chi connectivity index (χ2v) is 8.39. The lowest BCUT2D eigenvalue weighted by molar-refractivity contribution is -0.111. The van der Waals surface area contributed by atoms with Crippen LogP contribution in [0.15, 0.2) is 53.4 Å². The third-order valence-electron chi connectivity index (χ3n) is 3.84. The molecule has 0 radical (unpaired) electrons.